The summed E-state index contributed by atoms with van der Waals surface area (Å²) in [6.45, 7) is 7.93. The minimum atomic E-state index is -0.701. The standard InChI is InChI=1S/C39H46N2O5/c1-3-5-8-21-33(23-29-16-9-6-10-17-29)39(45)46-36(30-18-11-7-12-19-30)26-40-38(44)32(15-4-2)25-37(43)41-27-34-22-14-13-20-31(34)24-35(41)28-42/h3-4,6-7,9-14,16-20,22,32-33,35-36,42H,1-2,5,8,15,21,23-28H2,(H,40,44)/t32-,33+,35-,36-/m0/s1. The number of carbonyl (C=O) groups is 3. The summed E-state index contributed by atoms with van der Waals surface area (Å²) >= 11 is 0. The lowest BCUT2D eigenvalue weighted by Crippen LogP contribution is -2.47. The molecule has 7 nitrogen and oxygen atoms in total. The van der Waals surface area contributed by atoms with Crippen LogP contribution in [0.15, 0.2) is 110 Å². The van der Waals surface area contributed by atoms with Crippen molar-refractivity contribution in [3.05, 3.63) is 132 Å². The van der Waals surface area contributed by atoms with Crippen LogP contribution in [0, 0.1) is 11.8 Å². The maximum Gasteiger partial charge on any atom is 0.309 e. The van der Waals surface area contributed by atoms with Gasteiger partial charge in [0.05, 0.1) is 31.0 Å². The lowest BCUT2D eigenvalue weighted by Gasteiger charge is -2.36. The van der Waals surface area contributed by atoms with E-state index in [0.717, 1.165) is 35.1 Å². The van der Waals surface area contributed by atoms with Crippen LogP contribution in [0.2, 0.25) is 0 Å². The number of carbonyl (C=O) groups excluding carboxylic acids is 3. The van der Waals surface area contributed by atoms with E-state index in [1.54, 1.807) is 11.0 Å². The first-order chi connectivity index (χ1) is 22.4. The molecule has 2 N–H and O–H groups in total. The van der Waals surface area contributed by atoms with Gasteiger partial charge in [0.25, 0.3) is 0 Å². The monoisotopic (exact) mass is 622 g/mol. The fourth-order valence-electron chi connectivity index (χ4n) is 6.03. The molecule has 0 aromatic heterocycles. The summed E-state index contributed by atoms with van der Waals surface area (Å²) in [6, 6.07) is 26.9. The molecule has 1 aliphatic heterocycles. The van der Waals surface area contributed by atoms with Crippen LogP contribution in [0.1, 0.15) is 60.5 Å². The number of aliphatic hydroxyl groups is 1. The average Bonchev–Trinajstić information content (AvgIpc) is 3.09. The van der Waals surface area contributed by atoms with E-state index in [1.165, 1.54) is 0 Å². The van der Waals surface area contributed by atoms with Crippen LogP contribution in [-0.4, -0.2) is 47.0 Å². The Morgan fingerprint density at radius 2 is 1.59 bits per heavy atom. The summed E-state index contributed by atoms with van der Waals surface area (Å²) in [7, 11) is 0. The highest BCUT2D eigenvalue weighted by molar-refractivity contribution is 5.86. The highest BCUT2D eigenvalue weighted by Crippen LogP contribution is 2.26. The predicted molar refractivity (Wildman–Crippen MR) is 180 cm³/mol. The maximum atomic E-state index is 13.6. The fourth-order valence-corrected chi connectivity index (χ4v) is 6.03. The second kappa shape index (κ2) is 17.9. The van der Waals surface area contributed by atoms with Crippen molar-refractivity contribution in [1.29, 1.82) is 0 Å². The summed E-state index contributed by atoms with van der Waals surface area (Å²) < 4.78 is 6.13. The van der Waals surface area contributed by atoms with Crippen molar-refractivity contribution in [3.63, 3.8) is 0 Å². The Morgan fingerprint density at radius 1 is 0.913 bits per heavy atom. The van der Waals surface area contributed by atoms with E-state index >= 15 is 0 Å². The first kappa shape index (κ1) is 34.4. The van der Waals surface area contributed by atoms with Gasteiger partial charge in [0.2, 0.25) is 11.8 Å². The van der Waals surface area contributed by atoms with E-state index < -0.39 is 12.0 Å². The third-order valence-electron chi connectivity index (χ3n) is 8.64. The number of hydrogen-bond acceptors (Lipinski definition) is 5. The topological polar surface area (TPSA) is 95.9 Å². The highest BCUT2D eigenvalue weighted by Gasteiger charge is 2.32. The molecule has 1 heterocycles. The van der Waals surface area contributed by atoms with Gasteiger partial charge in [-0.15, -0.1) is 13.2 Å². The van der Waals surface area contributed by atoms with Crippen LogP contribution in [0.3, 0.4) is 0 Å². The van der Waals surface area contributed by atoms with Gasteiger partial charge in [-0.1, -0.05) is 97.1 Å². The second-order valence-electron chi connectivity index (χ2n) is 11.9. The molecule has 0 saturated carbocycles. The number of amides is 2. The SMILES string of the molecule is C=CCCC[C@H](Cc1ccccc1)C(=O)O[C@@H](CNC(=O)[C@@H](CC=C)CC(=O)N1Cc2ccccc2C[C@H]1CO)c1ccccc1. The average molecular weight is 623 g/mol. The van der Waals surface area contributed by atoms with Gasteiger partial charge in [0, 0.05) is 13.0 Å². The zero-order valence-electron chi connectivity index (χ0n) is 26.6. The molecular formula is C39H46N2O5. The molecule has 0 radical (unpaired) electrons. The van der Waals surface area contributed by atoms with Crippen molar-refractivity contribution in [3.8, 4) is 0 Å². The smallest absolute Gasteiger partial charge is 0.309 e. The maximum absolute atomic E-state index is 13.6. The van der Waals surface area contributed by atoms with Crippen molar-refractivity contribution in [2.24, 2.45) is 11.8 Å². The molecule has 46 heavy (non-hydrogen) atoms. The van der Waals surface area contributed by atoms with E-state index in [4.69, 9.17) is 4.74 Å². The molecule has 0 unspecified atom stereocenters. The van der Waals surface area contributed by atoms with Crippen molar-refractivity contribution in [1.82, 2.24) is 10.2 Å². The molecular weight excluding hydrogens is 576 g/mol. The Kier molecular flexibility index (Phi) is 13.3. The van der Waals surface area contributed by atoms with Gasteiger partial charge < -0.3 is 20.1 Å². The Balaban J connectivity index is 1.44. The van der Waals surface area contributed by atoms with Crippen LogP contribution >= 0.6 is 0 Å². The first-order valence-corrected chi connectivity index (χ1v) is 16.2. The molecule has 3 aromatic rings. The molecule has 1 aliphatic rings. The molecule has 7 heteroatoms. The summed E-state index contributed by atoms with van der Waals surface area (Å²) in [5.41, 5.74) is 4.01. The van der Waals surface area contributed by atoms with Gasteiger partial charge >= 0.3 is 5.97 Å². The number of ether oxygens (including phenoxy) is 1. The third-order valence-corrected chi connectivity index (χ3v) is 8.64. The van der Waals surface area contributed by atoms with Gasteiger partial charge in [0.15, 0.2) is 0 Å². The lowest BCUT2D eigenvalue weighted by atomic mass is 9.92. The zero-order valence-corrected chi connectivity index (χ0v) is 26.6. The van der Waals surface area contributed by atoms with Crippen LogP contribution in [0.4, 0.5) is 0 Å². The van der Waals surface area contributed by atoms with Gasteiger partial charge in [-0.2, -0.15) is 0 Å². The Hall–Kier alpha value is -4.49. The number of esters is 1. The summed E-state index contributed by atoms with van der Waals surface area (Å²) in [5, 5.41) is 13.0. The summed E-state index contributed by atoms with van der Waals surface area (Å²) in [5.74, 6) is -1.81. The van der Waals surface area contributed by atoms with Crippen molar-refractivity contribution in [2.75, 3.05) is 13.2 Å². The quantitative estimate of drug-likeness (QED) is 0.107. The Labute approximate surface area is 273 Å². The number of aliphatic hydroxyl groups excluding tert-OH is 1. The number of nitrogens with zero attached hydrogens (tertiary/aromatic N) is 1. The molecule has 3 aromatic carbocycles. The molecule has 0 saturated heterocycles. The minimum Gasteiger partial charge on any atom is -0.455 e. The van der Waals surface area contributed by atoms with E-state index in [-0.39, 0.29) is 49.3 Å². The minimum absolute atomic E-state index is 0.0191. The normalized spacial score (nSPS) is 15.9. The second-order valence-corrected chi connectivity index (χ2v) is 11.9. The van der Waals surface area contributed by atoms with Crippen molar-refractivity contribution >= 4 is 17.8 Å². The van der Waals surface area contributed by atoms with Crippen molar-refractivity contribution < 1.29 is 24.2 Å². The number of fused-ring (bicyclic) bond motifs is 1. The number of unbranched alkanes of at least 4 members (excludes halogenated alkanes) is 1. The van der Waals surface area contributed by atoms with Gasteiger partial charge in [-0.3, -0.25) is 14.4 Å². The zero-order chi connectivity index (χ0) is 32.7. The number of hydrogen-bond donors (Lipinski definition) is 2. The molecule has 4 atom stereocenters. The molecule has 0 aliphatic carbocycles. The highest BCUT2D eigenvalue weighted by atomic mass is 16.5. The molecule has 0 spiro atoms. The van der Waals surface area contributed by atoms with Gasteiger partial charge in [-0.25, -0.2) is 0 Å². The summed E-state index contributed by atoms with van der Waals surface area (Å²) in [6.07, 6.45) is 6.50. The fraction of sp³-hybridized carbons (Fsp3) is 0.359. The number of benzene rings is 3. The molecule has 242 valence electrons. The third kappa shape index (κ3) is 9.75. The summed E-state index contributed by atoms with van der Waals surface area (Å²) in [4.78, 5) is 42.4. The van der Waals surface area contributed by atoms with Gasteiger partial charge in [-0.05, 0) is 60.8 Å². The lowest BCUT2D eigenvalue weighted by molar-refractivity contribution is -0.155. The predicted octanol–water partition coefficient (Wildman–Crippen LogP) is 6.13. The molecule has 0 fully saturated rings. The van der Waals surface area contributed by atoms with Crippen molar-refractivity contribution in [2.45, 2.75) is 63.6 Å². The number of rotatable bonds is 17. The van der Waals surface area contributed by atoms with Crippen LogP contribution in [0.5, 0.6) is 0 Å². The van der Waals surface area contributed by atoms with E-state index in [9.17, 15) is 19.5 Å². The van der Waals surface area contributed by atoms with E-state index in [2.05, 4.69) is 18.5 Å². The Bertz CT molecular complexity index is 1440. The van der Waals surface area contributed by atoms with E-state index in [0.29, 0.717) is 32.2 Å². The van der Waals surface area contributed by atoms with Gasteiger partial charge in [0.1, 0.15) is 6.10 Å². The Morgan fingerprint density at radius 3 is 2.26 bits per heavy atom. The van der Waals surface area contributed by atoms with Crippen LogP contribution in [0.25, 0.3) is 0 Å². The molecule has 0 bridgehead atoms. The number of allylic oxidation sites excluding steroid dienone is 2. The van der Waals surface area contributed by atoms with E-state index in [1.807, 2.05) is 91.0 Å². The van der Waals surface area contributed by atoms with Crippen LogP contribution in [-0.2, 0) is 38.5 Å². The number of nitrogens with one attached hydrogen (secondary N) is 1. The molecule has 4 rings (SSSR count). The largest absolute Gasteiger partial charge is 0.455 e. The van der Waals surface area contributed by atoms with Crippen LogP contribution < -0.4 is 5.32 Å². The molecule has 2 amide bonds. The first-order valence-electron chi connectivity index (χ1n) is 16.2.